The first kappa shape index (κ1) is 28.8. The van der Waals surface area contributed by atoms with E-state index in [2.05, 4.69) is 26.1 Å². The summed E-state index contributed by atoms with van der Waals surface area (Å²) in [5.74, 6) is 0.639. The highest BCUT2D eigenvalue weighted by Gasteiger charge is 2.34. The molecule has 2 aromatic carbocycles. The molecule has 1 N–H and O–H groups in total. The Kier molecular flexibility index (Phi) is 8.18. The number of benzene rings is 2. The van der Waals surface area contributed by atoms with Crippen LogP contribution in [0, 0.1) is 11.3 Å². The molecule has 1 amide bonds. The SMILES string of the molecule is CCOC(=O)c1c(NC(=O)c2cc(-c3ccc(OC(C)C)cc3)nc3ccccc23)sc2c1CC[C@H](C(C)(C)C)C2. The normalized spacial score (nSPS) is 15.0. The summed E-state index contributed by atoms with van der Waals surface area (Å²) in [4.78, 5) is 33.1. The van der Waals surface area contributed by atoms with E-state index in [4.69, 9.17) is 14.5 Å². The van der Waals surface area contributed by atoms with Gasteiger partial charge in [-0.25, -0.2) is 9.78 Å². The first-order chi connectivity index (χ1) is 19.5. The number of esters is 1. The van der Waals surface area contributed by atoms with Crippen molar-refractivity contribution in [1.29, 1.82) is 0 Å². The second kappa shape index (κ2) is 11.6. The Hall–Kier alpha value is -3.71. The molecule has 0 radical (unpaired) electrons. The fraction of sp³-hybridized carbons (Fsp3) is 0.382. The van der Waals surface area contributed by atoms with Crippen LogP contribution in [0.2, 0.25) is 0 Å². The van der Waals surface area contributed by atoms with E-state index in [0.29, 0.717) is 27.7 Å². The minimum absolute atomic E-state index is 0.0803. The van der Waals surface area contributed by atoms with E-state index in [9.17, 15) is 9.59 Å². The smallest absolute Gasteiger partial charge is 0.341 e. The molecule has 4 aromatic rings. The molecule has 214 valence electrons. The second-order valence-electron chi connectivity index (χ2n) is 12.0. The lowest BCUT2D eigenvalue weighted by molar-refractivity contribution is 0.0526. The molecule has 0 spiro atoms. The molecule has 2 heterocycles. The maximum absolute atomic E-state index is 14.0. The van der Waals surface area contributed by atoms with Crippen molar-refractivity contribution >= 4 is 39.1 Å². The Morgan fingerprint density at radius 1 is 1.10 bits per heavy atom. The number of nitrogens with zero attached hydrogens (tertiary/aromatic N) is 1. The lowest BCUT2D eigenvalue weighted by Gasteiger charge is -2.33. The Balaban J connectivity index is 1.52. The van der Waals surface area contributed by atoms with E-state index in [1.165, 1.54) is 16.2 Å². The van der Waals surface area contributed by atoms with Gasteiger partial charge in [-0.15, -0.1) is 11.3 Å². The number of hydrogen-bond acceptors (Lipinski definition) is 6. The number of para-hydroxylation sites is 1. The quantitative estimate of drug-likeness (QED) is 0.226. The highest BCUT2D eigenvalue weighted by molar-refractivity contribution is 7.17. The molecule has 6 nitrogen and oxygen atoms in total. The topological polar surface area (TPSA) is 77.5 Å². The number of rotatable bonds is 7. The van der Waals surface area contributed by atoms with Gasteiger partial charge in [-0.2, -0.15) is 0 Å². The van der Waals surface area contributed by atoms with E-state index in [1.54, 1.807) is 6.92 Å². The number of anilines is 1. The molecule has 5 rings (SSSR count). The van der Waals surface area contributed by atoms with Gasteiger partial charge in [0.25, 0.3) is 5.91 Å². The van der Waals surface area contributed by atoms with Gasteiger partial charge in [-0.05, 0) is 93.3 Å². The molecule has 0 saturated heterocycles. The van der Waals surface area contributed by atoms with Crippen LogP contribution in [0.1, 0.15) is 79.1 Å². The van der Waals surface area contributed by atoms with E-state index >= 15 is 0 Å². The van der Waals surface area contributed by atoms with Gasteiger partial charge in [0.2, 0.25) is 0 Å². The van der Waals surface area contributed by atoms with E-state index in [1.807, 2.05) is 68.4 Å². The number of ether oxygens (including phenoxy) is 2. The van der Waals surface area contributed by atoms with Crippen LogP contribution in [0.15, 0.2) is 54.6 Å². The highest BCUT2D eigenvalue weighted by Crippen LogP contribution is 2.44. The third kappa shape index (κ3) is 6.15. The number of carbonyl (C=O) groups excluding carboxylic acids is 2. The van der Waals surface area contributed by atoms with E-state index in [-0.39, 0.29) is 30.0 Å². The van der Waals surface area contributed by atoms with Gasteiger partial charge in [0.05, 0.1) is 35.0 Å². The zero-order valence-corrected chi connectivity index (χ0v) is 25.5. The number of carbonyl (C=O) groups is 2. The van der Waals surface area contributed by atoms with Crippen LogP contribution in [-0.2, 0) is 17.6 Å². The van der Waals surface area contributed by atoms with Gasteiger partial charge in [0.1, 0.15) is 10.8 Å². The van der Waals surface area contributed by atoms with Gasteiger partial charge in [-0.3, -0.25) is 4.79 Å². The van der Waals surface area contributed by atoms with E-state index in [0.717, 1.165) is 47.0 Å². The molecule has 1 atom stereocenters. The van der Waals surface area contributed by atoms with Crippen molar-refractivity contribution in [3.05, 3.63) is 76.2 Å². The minimum atomic E-state index is -0.376. The van der Waals surface area contributed by atoms with Gasteiger partial charge in [0, 0.05) is 15.8 Å². The fourth-order valence-electron chi connectivity index (χ4n) is 5.49. The summed E-state index contributed by atoms with van der Waals surface area (Å²) >= 11 is 1.51. The maximum Gasteiger partial charge on any atom is 0.341 e. The number of aromatic nitrogens is 1. The fourth-order valence-corrected chi connectivity index (χ4v) is 6.80. The molecule has 0 saturated carbocycles. The molecular formula is C34H38N2O4S. The number of nitrogens with one attached hydrogen (secondary N) is 1. The summed E-state index contributed by atoms with van der Waals surface area (Å²) in [6, 6.07) is 17.2. The van der Waals surface area contributed by atoms with Crippen LogP contribution in [-0.4, -0.2) is 29.6 Å². The van der Waals surface area contributed by atoms with Crippen molar-refractivity contribution in [3.63, 3.8) is 0 Å². The van der Waals surface area contributed by atoms with Crippen LogP contribution in [0.3, 0.4) is 0 Å². The third-order valence-corrected chi connectivity index (χ3v) is 8.85. The number of hydrogen-bond donors (Lipinski definition) is 1. The molecule has 0 fully saturated rings. The lowest BCUT2D eigenvalue weighted by Crippen LogP contribution is -2.26. The van der Waals surface area contributed by atoms with Gasteiger partial charge in [-0.1, -0.05) is 39.0 Å². The first-order valence-electron chi connectivity index (χ1n) is 14.3. The van der Waals surface area contributed by atoms with Crippen LogP contribution in [0.25, 0.3) is 22.2 Å². The lowest BCUT2D eigenvalue weighted by atomic mass is 9.72. The zero-order valence-electron chi connectivity index (χ0n) is 24.7. The van der Waals surface area contributed by atoms with Crippen LogP contribution >= 0.6 is 11.3 Å². The predicted octanol–water partition coefficient (Wildman–Crippen LogP) is 8.33. The molecular weight excluding hydrogens is 532 g/mol. The summed E-state index contributed by atoms with van der Waals surface area (Å²) in [7, 11) is 0. The third-order valence-electron chi connectivity index (χ3n) is 7.68. The first-order valence-corrected chi connectivity index (χ1v) is 15.2. The molecule has 0 unspecified atom stereocenters. The van der Waals surface area contributed by atoms with Crippen molar-refractivity contribution in [1.82, 2.24) is 4.98 Å². The zero-order chi connectivity index (χ0) is 29.3. The Morgan fingerprint density at radius 2 is 1.83 bits per heavy atom. The number of fused-ring (bicyclic) bond motifs is 2. The number of thiophene rings is 1. The Bertz CT molecular complexity index is 1580. The van der Waals surface area contributed by atoms with Gasteiger partial charge < -0.3 is 14.8 Å². The average Bonchev–Trinajstić information content (AvgIpc) is 3.29. The monoisotopic (exact) mass is 570 g/mol. The summed E-state index contributed by atoms with van der Waals surface area (Å²) < 4.78 is 11.2. The van der Waals surface area contributed by atoms with Crippen molar-refractivity contribution in [2.24, 2.45) is 11.3 Å². The molecule has 1 aliphatic rings. The van der Waals surface area contributed by atoms with Crippen molar-refractivity contribution in [2.75, 3.05) is 11.9 Å². The average molecular weight is 571 g/mol. The number of amides is 1. The molecule has 41 heavy (non-hydrogen) atoms. The highest BCUT2D eigenvalue weighted by atomic mass is 32.1. The summed E-state index contributed by atoms with van der Waals surface area (Å²) in [6.45, 7) is 12.9. The molecule has 0 bridgehead atoms. The number of pyridine rings is 1. The largest absolute Gasteiger partial charge is 0.491 e. The van der Waals surface area contributed by atoms with Crippen molar-refractivity contribution < 1.29 is 19.1 Å². The Labute approximate surface area is 246 Å². The minimum Gasteiger partial charge on any atom is -0.491 e. The van der Waals surface area contributed by atoms with Crippen LogP contribution in [0.4, 0.5) is 5.00 Å². The standard InChI is InChI=1S/C34H38N2O4S/c1-7-39-33(38)30-25-17-14-22(34(4,5)6)18-29(25)41-32(30)36-31(37)26-19-28(35-27-11-9-8-10-24(26)27)21-12-15-23(16-13-21)40-20(2)3/h8-13,15-16,19-20,22H,7,14,17-18H2,1-6H3,(H,36,37)/t22-/m0/s1. The second-order valence-corrected chi connectivity index (χ2v) is 13.1. The molecule has 1 aliphatic carbocycles. The molecule has 7 heteroatoms. The Morgan fingerprint density at radius 3 is 2.51 bits per heavy atom. The summed E-state index contributed by atoms with van der Waals surface area (Å²) in [5.41, 5.74) is 4.49. The van der Waals surface area contributed by atoms with Crippen molar-refractivity contribution in [2.45, 2.75) is 66.9 Å². The maximum atomic E-state index is 14.0. The van der Waals surface area contributed by atoms with Crippen LogP contribution in [0.5, 0.6) is 5.75 Å². The predicted molar refractivity (Wildman–Crippen MR) is 166 cm³/mol. The molecule has 0 aliphatic heterocycles. The van der Waals surface area contributed by atoms with Gasteiger partial charge in [0.15, 0.2) is 0 Å². The summed E-state index contributed by atoms with van der Waals surface area (Å²) in [5, 5.41) is 4.42. The van der Waals surface area contributed by atoms with Crippen LogP contribution < -0.4 is 10.1 Å². The molecule has 2 aromatic heterocycles. The van der Waals surface area contributed by atoms with E-state index < -0.39 is 0 Å². The van der Waals surface area contributed by atoms with Gasteiger partial charge >= 0.3 is 5.97 Å². The summed E-state index contributed by atoms with van der Waals surface area (Å²) in [6.07, 6.45) is 2.78. The van der Waals surface area contributed by atoms with Crippen molar-refractivity contribution in [3.8, 4) is 17.0 Å².